The number of hydrogen-bond acceptors (Lipinski definition) is 3. The molecule has 1 N–H and O–H groups in total. The largest absolute Gasteiger partial charge is 0.312 e. The summed E-state index contributed by atoms with van der Waals surface area (Å²) in [6.07, 6.45) is -2.09. The lowest BCUT2D eigenvalue weighted by Gasteiger charge is -2.12. The number of halogens is 2. The van der Waals surface area contributed by atoms with Crippen LogP contribution in [0.25, 0.3) is 10.2 Å². The van der Waals surface area contributed by atoms with Crippen molar-refractivity contribution in [3.8, 4) is 0 Å². The number of benzene rings is 1. The molecule has 16 heavy (non-hydrogen) atoms. The Labute approximate surface area is 96.3 Å². The molecule has 1 atom stereocenters. The van der Waals surface area contributed by atoms with Gasteiger partial charge >= 0.3 is 0 Å². The van der Waals surface area contributed by atoms with Crippen LogP contribution in [0.2, 0.25) is 0 Å². The first-order valence-electron chi connectivity index (χ1n) is 5.00. The Kier molecular flexibility index (Phi) is 3.46. The highest BCUT2D eigenvalue weighted by Crippen LogP contribution is 2.23. The molecular formula is C11H12F2N2S. The Morgan fingerprint density at radius 1 is 1.38 bits per heavy atom. The van der Waals surface area contributed by atoms with Crippen molar-refractivity contribution in [3.05, 3.63) is 29.3 Å². The van der Waals surface area contributed by atoms with Gasteiger partial charge in [0.1, 0.15) is 0 Å². The highest BCUT2D eigenvalue weighted by molar-refractivity contribution is 7.18. The van der Waals surface area contributed by atoms with Crippen molar-refractivity contribution >= 4 is 21.6 Å². The number of nitrogens with one attached hydrogen (secondary N) is 1. The Bertz CT molecular complexity index is 437. The molecular weight excluding hydrogens is 230 g/mol. The summed E-state index contributed by atoms with van der Waals surface area (Å²) < 4.78 is 26.2. The molecule has 2 nitrogen and oxygen atoms in total. The summed E-state index contributed by atoms with van der Waals surface area (Å²) in [5, 5.41) is 3.36. The number of likely N-dealkylation sites (N-methyl/N-ethyl adjacent to an activating group) is 1. The molecule has 1 aromatic heterocycles. The van der Waals surface area contributed by atoms with Crippen molar-refractivity contribution in [1.29, 1.82) is 0 Å². The summed E-state index contributed by atoms with van der Waals surface area (Å²) in [5.41, 5.74) is 0.881. The number of fused-ring (bicyclic) bond motifs is 1. The average Bonchev–Trinajstić information content (AvgIpc) is 2.67. The fourth-order valence-electron chi connectivity index (χ4n) is 1.51. The lowest BCUT2D eigenvalue weighted by molar-refractivity contribution is 0.102. The van der Waals surface area contributed by atoms with Crippen LogP contribution in [-0.2, 0) is 6.42 Å². The predicted octanol–water partition coefficient (Wildman–Crippen LogP) is 2.69. The van der Waals surface area contributed by atoms with Crippen LogP contribution in [0.1, 0.15) is 5.01 Å². The Morgan fingerprint density at radius 2 is 2.12 bits per heavy atom. The van der Waals surface area contributed by atoms with Crippen LogP contribution in [-0.4, -0.2) is 24.5 Å². The number of aromatic nitrogens is 1. The van der Waals surface area contributed by atoms with Gasteiger partial charge in [0, 0.05) is 6.42 Å². The van der Waals surface area contributed by atoms with E-state index in [2.05, 4.69) is 10.3 Å². The van der Waals surface area contributed by atoms with E-state index in [0.29, 0.717) is 0 Å². The molecule has 86 valence electrons. The van der Waals surface area contributed by atoms with Gasteiger partial charge in [-0.25, -0.2) is 13.8 Å². The second kappa shape index (κ2) is 4.84. The highest BCUT2D eigenvalue weighted by atomic mass is 32.1. The number of para-hydroxylation sites is 1. The van der Waals surface area contributed by atoms with Crippen molar-refractivity contribution in [1.82, 2.24) is 10.3 Å². The second-order valence-corrected chi connectivity index (χ2v) is 4.62. The van der Waals surface area contributed by atoms with Crippen LogP contribution in [0.5, 0.6) is 0 Å². The topological polar surface area (TPSA) is 24.9 Å². The van der Waals surface area contributed by atoms with E-state index in [0.717, 1.165) is 15.2 Å². The van der Waals surface area contributed by atoms with Crippen LogP contribution < -0.4 is 5.32 Å². The van der Waals surface area contributed by atoms with Gasteiger partial charge in [-0.3, -0.25) is 0 Å². The molecule has 5 heteroatoms. The minimum absolute atomic E-state index is 0.271. The zero-order valence-corrected chi connectivity index (χ0v) is 9.60. The van der Waals surface area contributed by atoms with E-state index in [4.69, 9.17) is 0 Å². The number of hydrogen-bond donors (Lipinski definition) is 1. The summed E-state index contributed by atoms with van der Waals surface area (Å²) in [7, 11) is 1.55. The standard InChI is InChI=1S/C11H12F2N2S/c1-14-8(11(12)13)6-10-15-7-4-2-3-5-9(7)16-10/h2-5,8,11,14H,6H2,1H3. The molecule has 0 saturated heterocycles. The van der Waals surface area contributed by atoms with Gasteiger partial charge in [-0.15, -0.1) is 11.3 Å². The summed E-state index contributed by atoms with van der Waals surface area (Å²) in [4.78, 5) is 4.33. The van der Waals surface area contributed by atoms with Crippen LogP contribution in [0.4, 0.5) is 8.78 Å². The highest BCUT2D eigenvalue weighted by Gasteiger charge is 2.20. The molecule has 0 bridgehead atoms. The first-order valence-corrected chi connectivity index (χ1v) is 5.82. The first kappa shape index (κ1) is 11.4. The van der Waals surface area contributed by atoms with E-state index in [1.165, 1.54) is 11.3 Å². The second-order valence-electron chi connectivity index (χ2n) is 3.51. The normalized spacial score (nSPS) is 13.5. The first-order chi connectivity index (χ1) is 7.70. The van der Waals surface area contributed by atoms with Crippen molar-refractivity contribution < 1.29 is 8.78 Å². The molecule has 0 radical (unpaired) electrons. The van der Waals surface area contributed by atoms with E-state index in [-0.39, 0.29) is 6.42 Å². The van der Waals surface area contributed by atoms with Crippen molar-refractivity contribution in [3.63, 3.8) is 0 Å². The third-order valence-corrected chi connectivity index (χ3v) is 3.47. The van der Waals surface area contributed by atoms with E-state index in [1.807, 2.05) is 24.3 Å². The lowest BCUT2D eigenvalue weighted by Crippen LogP contribution is -2.34. The SMILES string of the molecule is CNC(Cc1nc2ccccc2s1)C(F)F. The summed E-state index contributed by atoms with van der Waals surface area (Å²) in [5.74, 6) is 0. The van der Waals surface area contributed by atoms with Gasteiger partial charge < -0.3 is 5.32 Å². The van der Waals surface area contributed by atoms with E-state index < -0.39 is 12.5 Å². The smallest absolute Gasteiger partial charge is 0.254 e. The fourth-order valence-corrected chi connectivity index (χ4v) is 2.54. The van der Waals surface area contributed by atoms with Gasteiger partial charge in [0.2, 0.25) is 0 Å². The number of thiazole rings is 1. The molecule has 2 aromatic rings. The summed E-state index contributed by atoms with van der Waals surface area (Å²) >= 11 is 1.47. The van der Waals surface area contributed by atoms with Gasteiger partial charge in [-0.1, -0.05) is 12.1 Å². The predicted molar refractivity (Wildman–Crippen MR) is 62.2 cm³/mol. The molecule has 0 saturated carbocycles. The fraction of sp³-hybridized carbons (Fsp3) is 0.364. The van der Waals surface area contributed by atoms with Gasteiger partial charge in [-0.2, -0.15) is 0 Å². The lowest BCUT2D eigenvalue weighted by atomic mass is 10.2. The minimum atomic E-state index is -2.36. The Balaban J connectivity index is 2.20. The zero-order valence-electron chi connectivity index (χ0n) is 8.78. The van der Waals surface area contributed by atoms with E-state index >= 15 is 0 Å². The number of nitrogens with zero attached hydrogens (tertiary/aromatic N) is 1. The summed E-state index contributed by atoms with van der Waals surface area (Å²) in [6.45, 7) is 0. The maximum atomic E-state index is 12.6. The third kappa shape index (κ3) is 2.36. The monoisotopic (exact) mass is 242 g/mol. The maximum absolute atomic E-state index is 12.6. The van der Waals surface area contributed by atoms with Crippen LogP contribution in [0, 0.1) is 0 Å². The molecule has 0 aliphatic carbocycles. The van der Waals surface area contributed by atoms with Crippen molar-refractivity contribution in [2.45, 2.75) is 18.9 Å². The van der Waals surface area contributed by atoms with Crippen LogP contribution in [0.15, 0.2) is 24.3 Å². The van der Waals surface area contributed by atoms with Gasteiger partial charge in [0.15, 0.2) is 0 Å². The van der Waals surface area contributed by atoms with Crippen LogP contribution >= 0.6 is 11.3 Å². The molecule has 1 aromatic carbocycles. The maximum Gasteiger partial charge on any atom is 0.254 e. The molecule has 0 fully saturated rings. The molecule has 2 rings (SSSR count). The zero-order chi connectivity index (χ0) is 11.5. The quantitative estimate of drug-likeness (QED) is 0.891. The van der Waals surface area contributed by atoms with Gasteiger partial charge in [0.25, 0.3) is 6.43 Å². The Morgan fingerprint density at radius 3 is 2.75 bits per heavy atom. The number of alkyl halides is 2. The van der Waals surface area contributed by atoms with Gasteiger partial charge in [-0.05, 0) is 19.2 Å². The summed E-state index contributed by atoms with van der Waals surface area (Å²) in [6, 6.07) is 6.85. The van der Waals surface area contributed by atoms with Crippen molar-refractivity contribution in [2.24, 2.45) is 0 Å². The van der Waals surface area contributed by atoms with Crippen LogP contribution in [0.3, 0.4) is 0 Å². The van der Waals surface area contributed by atoms with E-state index in [9.17, 15) is 8.78 Å². The average molecular weight is 242 g/mol. The molecule has 0 amide bonds. The van der Waals surface area contributed by atoms with Crippen molar-refractivity contribution in [2.75, 3.05) is 7.05 Å². The number of rotatable bonds is 4. The van der Waals surface area contributed by atoms with E-state index in [1.54, 1.807) is 7.05 Å². The molecule has 0 aliphatic heterocycles. The molecule has 1 heterocycles. The van der Waals surface area contributed by atoms with Gasteiger partial charge in [0.05, 0.1) is 21.3 Å². The molecule has 1 unspecified atom stereocenters. The molecule has 0 spiro atoms. The Hall–Kier alpha value is -1.07. The molecule has 0 aliphatic rings. The minimum Gasteiger partial charge on any atom is -0.312 e. The third-order valence-electron chi connectivity index (χ3n) is 2.41.